The normalized spacial score (nSPS) is 11.4. The van der Waals surface area contributed by atoms with E-state index in [4.69, 9.17) is 42.9 Å². The van der Waals surface area contributed by atoms with Crippen LogP contribution in [0.3, 0.4) is 0 Å². The van der Waals surface area contributed by atoms with Gasteiger partial charge in [0.05, 0.1) is 17.7 Å². The summed E-state index contributed by atoms with van der Waals surface area (Å²) in [7, 11) is 1.59. The van der Waals surface area contributed by atoms with Crippen molar-refractivity contribution in [1.29, 1.82) is 0 Å². The second kappa shape index (κ2) is 8.07. The molecule has 9 heteroatoms. The molecule has 3 aromatic rings. The van der Waals surface area contributed by atoms with E-state index in [1.807, 2.05) is 0 Å². The highest BCUT2D eigenvalue weighted by Crippen LogP contribution is 2.29. The number of hydrogen-bond donors (Lipinski definition) is 1. The second-order valence-electron chi connectivity index (χ2n) is 5.10. The van der Waals surface area contributed by atoms with E-state index in [0.717, 1.165) is 5.75 Å². The Bertz CT molecular complexity index is 926. The van der Waals surface area contributed by atoms with Crippen molar-refractivity contribution in [2.24, 2.45) is 10.9 Å². The number of methoxy groups -OCH3 is 1. The van der Waals surface area contributed by atoms with Crippen molar-refractivity contribution in [2.75, 3.05) is 7.11 Å². The molecule has 1 heterocycles. The van der Waals surface area contributed by atoms with Crippen LogP contribution >= 0.6 is 23.2 Å². The lowest BCUT2D eigenvalue weighted by molar-refractivity contribution is 0.111. The first-order chi connectivity index (χ1) is 12.6. The van der Waals surface area contributed by atoms with Crippen LogP contribution in [0.2, 0.25) is 10.0 Å². The number of halogens is 2. The molecule has 0 amide bonds. The summed E-state index contributed by atoms with van der Waals surface area (Å²) in [6, 6.07) is 12.1. The summed E-state index contributed by atoms with van der Waals surface area (Å²) >= 11 is 12.0. The maximum atomic E-state index is 6.12. The van der Waals surface area contributed by atoms with Crippen LogP contribution in [0.25, 0.3) is 11.5 Å². The van der Waals surface area contributed by atoms with Gasteiger partial charge >= 0.3 is 0 Å². The smallest absolute Gasteiger partial charge is 0.257 e. The minimum atomic E-state index is -0.0327. The first-order valence-electron chi connectivity index (χ1n) is 7.44. The van der Waals surface area contributed by atoms with Gasteiger partial charge in [-0.25, -0.2) is 0 Å². The maximum absolute atomic E-state index is 6.12. The fraction of sp³-hybridized carbons (Fsp3) is 0.118. The van der Waals surface area contributed by atoms with Gasteiger partial charge in [0, 0.05) is 10.6 Å². The van der Waals surface area contributed by atoms with Crippen LogP contribution in [-0.2, 0) is 11.4 Å². The van der Waals surface area contributed by atoms with E-state index >= 15 is 0 Å². The molecule has 1 aromatic heterocycles. The van der Waals surface area contributed by atoms with Gasteiger partial charge in [-0.3, -0.25) is 0 Å². The van der Waals surface area contributed by atoms with Gasteiger partial charge in [0.25, 0.3) is 5.89 Å². The first-order valence-corrected chi connectivity index (χ1v) is 8.20. The lowest BCUT2D eigenvalue weighted by atomic mass is 10.2. The average molecular weight is 393 g/mol. The number of rotatable bonds is 6. The molecule has 0 spiro atoms. The second-order valence-corrected chi connectivity index (χ2v) is 5.95. The van der Waals surface area contributed by atoms with Gasteiger partial charge in [-0.15, -0.1) is 10.2 Å². The van der Waals surface area contributed by atoms with Crippen molar-refractivity contribution in [3.63, 3.8) is 0 Å². The molecule has 0 atom stereocenters. The third kappa shape index (κ3) is 4.25. The molecule has 0 radical (unpaired) electrons. The quantitative estimate of drug-likeness (QED) is 0.388. The molecular weight excluding hydrogens is 379 g/mol. The van der Waals surface area contributed by atoms with Crippen molar-refractivity contribution < 1.29 is 14.0 Å². The Kier molecular flexibility index (Phi) is 5.60. The molecule has 0 saturated carbocycles. The molecule has 134 valence electrons. The van der Waals surface area contributed by atoms with E-state index in [-0.39, 0.29) is 24.2 Å². The van der Waals surface area contributed by atoms with Crippen LogP contribution in [0.4, 0.5) is 0 Å². The Hall–Kier alpha value is -2.77. The van der Waals surface area contributed by atoms with Crippen LogP contribution in [0.5, 0.6) is 5.75 Å². The Morgan fingerprint density at radius 1 is 1.15 bits per heavy atom. The van der Waals surface area contributed by atoms with Crippen LogP contribution in [-0.4, -0.2) is 23.1 Å². The average Bonchev–Trinajstić information content (AvgIpc) is 3.10. The summed E-state index contributed by atoms with van der Waals surface area (Å²) in [6.07, 6.45) is 0. The molecule has 0 aliphatic heterocycles. The topological polar surface area (TPSA) is 95.8 Å². The summed E-state index contributed by atoms with van der Waals surface area (Å²) in [5.74, 6) is 1.43. The van der Waals surface area contributed by atoms with E-state index in [0.29, 0.717) is 21.2 Å². The predicted molar refractivity (Wildman–Crippen MR) is 98.3 cm³/mol. The molecule has 2 N–H and O–H groups in total. The molecule has 0 bridgehead atoms. The van der Waals surface area contributed by atoms with Crippen LogP contribution in [0.15, 0.2) is 52.0 Å². The molecule has 3 rings (SSSR count). The van der Waals surface area contributed by atoms with Crippen molar-refractivity contribution in [3.8, 4) is 17.2 Å². The zero-order valence-corrected chi connectivity index (χ0v) is 15.2. The highest BCUT2D eigenvalue weighted by atomic mass is 35.5. The monoisotopic (exact) mass is 392 g/mol. The minimum Gasteiger partial charge on any atom is -0.497 e. The number of ether oxygens (including phenoxy) is 1. The highest BCUT2D eigenvalue weighted by Gasteiger charge is 2.12. The highest BCUT2D eigenvalue weighted by molar-refractivity contribution is 6.36. The van der Waals surface area contributed by atoms with Gasteiger partial charge in [0.2, 0.25) is 5.89 Å². The number of nitrogens with two attached hydrogens (primary N) is 1. The Balaban J connectivity index is 1.64. The largest absolute Gasteiger partial charge is 0.497 e. The summed E-state index contributed by atoms with van der Waals surface area (Å²) in [4.78, 5) is 5.17. The zero-order valence-electron chi connectivity index (χ0n) is 13.6. The van der Waals surface area contributed by atoms with Gasteiger partial charge in [0.1, 0.15) is 5.75 Å². The zero-order chi connectivity index (χ0) is 18.5. The van der Waals surface area contributed by atoms with Crippen LogP contribution < -0.4 is 10.5 Å². The van der Waals surface area contributed by atoms with Gasteiger partial charge in [-0.05, 0) is 42.5 Å². The van der Waals surface area contributed by atoms with E-state index in [1.54, 1.807) is 49.6 Å². The fourth-order valence-corrected chi connectivity index (χ4v) is 2.54. The molecule has 0 fully saturated rings. The number of hydrogen-bond acceptors (Lipinski definition) is 6. The standard InChI is InChI=1S/C17H14Cl2N4O3/c1-24-12-5-2-10(3-6-12)16(20)23-25-9-15-21-22-17(26-15)13-7-4-11(18)8-14(13)19/h2-8H,9H2,1H3,(H2,20,23). The summed E-state index contributed by atoms with van der Waals surface area (Å²) in [5, 5.41) is 12.6. The van der Waals surface area contributed by atoms with E-state index < -0.39 is 0 Å². The number of oxime groups is 1. The Labute approximate surface area is 159 Å². The van der Waals surface area contributed by atoms with Gasteiger partial charge in [-0.2, -0.15) is 0 Å². The predicted octanol–water partition coefficient (Wildman–Crippen LogP) is 3.89. The molecule has 0 aliphatic carbocycles. The van der Waals surface area contributed by atoms with Crippen molar-refractivity contribution in [3.05, 3.63) is 64.0 Å². The Morgan fingerprint density at radius 3 is 2.62 bits per heavy atom. The van der Waals surface area contributed by atoms with Crippen molar-refractivity contribution in [1.82, 2.24) is 10.2 Å². The molecule has 2 aromatic carbocycles. The molecule has 7 nitrogen and oxygen atoms in total. The SMILES string of the molecule is COc1ccc(/C(N)=N/OCc2nnc(-c3ccc(Cl)cc3Cl)o2)cc1. The molecular formula is C17H14Cl2N4O3. The van der Waals surface area contributed by atoms with E-state index in [2.05, 4.69) is 15.4 Å². The molecule has 0 unspecified atom stereocenters. The number of benzene rings is 2. The summed E-state index contributed by atoms with van der Waals surface area (Å²) in [6.45, 7) is -0.0327. The lowest BCUT2D eigenvalue weighted by Crippen LogP contribution is -2.13. The third-order valence-electron chi connectivity index (χ3n) is 3.37. The fourth-order valence-electron chi connectivity index (χ4n) is 2.06. The summed E-state index contributed by atoms with van der Waals surface area (Å²) in [5.41, 5.74) is 7.15. The minimum absolute atomic E-state index is 0.0327. The van der Waals surface area contributed by atoms with Gasteiger partial charge in [0.15, 0.2) is 12.4 Å². The van der Waals surface area contributed by atoms with Gasteiger partial charge in [-0.1, -0.05) is 28.4 Å². The summed E-state index contributed by atoms with van der Waals surface area (Å²) < 4.78 is 10.6. The van der Waals surface area contributed by atoms with Crippen molar-refractivity contribution >= 4 is 29.0 Å². The lowest BCUT2D eigenvalue weighted by Gasteiger charge is -2.02. The number of amidine groups is 1. The molecule has 26 heavy (non-hydrogen) atoms. The van der Waals surface area contributed by atoms with Crippen LogP contribution in [0, 0.1) is 0 Å². The number of aromatic nitrogens is 2. The third-order valence-corrected chi connectivity index (χ3v) is 3.91. The van der Waals surface area contributed by atoms with Gasteiger partial charge < -0.3 is 19.7 Å². The maximum Gasteiger partial charge on any atom is 0.257 e. The van der Waals surface area contributed by atoms with Crippen LogP contribution in [0.1, 0.15) is 11.5 Å². The number of nitrogens with zero attached hydrogens (tertiary/aromatic N) is 3. The van der Waals surface area contributed by atoms with E-state index in [1.165, 1.54) is 0 Å². The van der Waals surface area contributed by atoms with Crippen molar-refractivity contribution in [2.45, 2.75) is 6.61 Å². The first kappa shape index (κ1) is 18.0. The molecule has 0 aliphatic rings. The van der Waals surface area contributed by atoms with E-state index in [9.17, 15) is 0 Å². The molecule has 0 saturated heterocycles. The Morgan fingerprint density at radius 2 is 1.92 bits per heavy atom.